The minimum atomic E-state index is -0.483. The highest BCUT2D eigenvalue weighted by atomic mass is 16.5. The summed E-state index contributed by atoms with van der Waals surface area (Å²) >= 11 is 0. The summed E-state index contributed by atoms with van der Waals surface area (Å²) in [5.41, 5.74) is 3.97. The second kappa shape index (κ2) is 8.92. The van der Waals surface area contributed by atoms with Crippen molar-refractivity contribution in [2.45, 2.75) is 6.17 Å². The Labute approximate surface area is 203 Å². The van der Waals surface area contributed by atoms with Crippen LogP contribution in [0.5, 0.6) is 5.75 Å². The number of carbonyl (C=O) groups excluding carboxylic acids is 1. The summed E-state index contributed by atoms with van der Waals surface area (Å²) in [7, 11) is 1.63. The van der Waals surface area contributed by atoms with Gasteiger partial charge in [0.1, 0.15) is 17.7 Å². The smallest absolute Gasteiger partial charge is 0.262 e. The molecule has 3 heterocycles. The molecule has 1 fully saturated rings. The molecule has 1 amide bonds. The van der Waals surface area contributed by atoms with Gasteiger partial charge in [0.2, 0.25) is 0 Å². The van der Waals surface area contributed by atoms with Crippen LogP contribution in [0.1, 0.15) is 22.1 Å². The zero-order valence-corrected chi connectivity index (χ0v) is 19.5. The number of morpholine rings is 1. The Morgan fingerprint density at radius 2 is 1.71 bits per heavy atom. The number of ether oxygens (including phenoxy) is 2. The molecule has 3 aromatic carbocycles. The van der Waals surface area contributed by atoms with Gasteiger partial charge in [0.15, 0.2) is 0 Å². The van der Waals surface area contributed by atoms with Crippen molar-refractivity contribution in [1.29, 1.82) is 0 Å². The average Bonchev–Trinajstić information content (AvgIpc) is 2.93. The number of pyridine rings is 1. The standard InChI is InChI=1S/C28H26N4O3/c1-34-25-13-7-6-12-24(25)32-27(30-23-11-5-3-9-20(23)28(32)33)21-18-19-8-2-4-10-22(19)29-26(21)31-14-16-35-17-15-31/h2-13,18,27,30H,14-17H2,1H3. The number of fused-ring (bicyclic) bond motifs is 2. The maximum Gasteiger partial charge on any atom is 0.262 e. The molecular formula is C28H26N4O3. The fourth-order valence-electron chi connectivity index (χ4n) is 4.90. The summed E-state index contributed by atoms with van der Waals surface area (Å²) in [5, 5.41) is 4.66. The first-order valence-electron chi connectivity index (χ1n) is 11.8. The number of aromatic nitrogens is 1. The molecule has 1 aromatic heterocycles. The molecule has 35 heavy (non-hydrogen) atoms. The van der Waals surface area contributed by atoms with Gasteiger partial charge in [-0.25, -0.2) is 4.98 Å². The first kappa shape index (κ1) is 21.4. The molecule has 0 aliphatic carbocycles. The first-order chi connectivity index (χ1) is 17.2. The molecule has 2 aliphatic heterocycles. The number of nitrogens with one attached hydrogen (secondary N) is 1. The maximum absolute atomic E-state index is 14.0. The predicted octanol–water partition coefficient (Wildman–Crippen LogP) is 4.85. The zero-order chi connectivity index (χ0) is 23.8. The largest absolute Gasteiger partial charge is 0.495 e. The predicted molar refractivity (Wildman–Crippen MR) is 137 cm³/mol. The number of nitrogens with zero attached hydrogens (tertiary/aromatic N) is 3. The molecule has 1 saturated heterocycles. The van der Waals surface area contributed by atoms with E-state index in [-0.39, 0.29) is 5.91 Å². The summed E-state index contributed by atoms with van der Waals surface area (Å²) in [6.45, 7) is 2.77. The number of para-hydroxylation sites is 4. The van der Waals surface area contributed by atoms with Crippen LogP contribution in [0.4, 0.5) is 17.2 Å². The number of rotatable bonds is 4. The van der Waals surface area contributed by atoms with Crippen molar-refractivity contribution < 1.29 is 14.3 Å². The Hall–Kier alpha value is -4.10. The zero-order valence-electron chi connectivity index (χ0n) is 19.5. The van der Waals surface area contributed by atoms with Crippen LogP contribution in [0.15, 0.2) is 78.9 Å². The molecule has 0 saturated carbocycles. The van der Waals surface area contributed by atoms with Gasteiger partial charge in [-0.15, -0.1) is 0 Å². The van der Waals surface area contributed by atoms with Gasteiger partial charge in [-0.1, -0.05) is 42.5 Å². The van der Waals surface area contributed by atoms with Crippen LogP contribution < -0.4 is 19.9 Å². The third-order valence-electron chi connectivity index (χ3n) is 6.61. The summed E-state index contributed by atoms with van der Waals surface area (Å²) in [6, 6.07) is 25.5. The van der Waals surface area contributed by atoms with Gasteiger partial charge in [-0.05, 0) is 36.4 Å². The normalized spacial score (nSPS) is 17.7. The van der Waals surface area contributed by atoms with Crippen LogP contribution in [0, 0.1) is 0 Å². The van der Waals surface area contributed by atoms with E-state index in [4.69, 9.17) is 14.5 Å². The Morgan fingerprint density at radius 3 is 2.57 bits per heavy atom. The van der Waals surface area contributed by atoms with Crippen LogP contribution in [0.2, 0.25) is 0 Å². The molecule has 1 atom stereocenters. The molecule has 176 valence electrons. The van der Waals surface area contributed by atoms with E-state index in [2.05, 4.69) is 22.3 Å². The lowest BCUT2D eigenvalue weighted by molar-refractivity contribution is 0.0974. The van der Waals surface area contributed by atoms with Crippen LogP contribution in [0.25, 0.3) is 10.9 Å². The second-order valence-electron chi connectivity index (χ2n) is 8.63. The van der Waals surface area contributed by atoms with Gasteiger partial charge in [-0.3, -0.25) is 9.69 Å². The fraction of sp³-hybridized carbons (Fsp3) is 0.214. The van der Waals surface area contributed by atoms with E-state index >= 15 is 0 Å². The van der Waals surface area contributed by atoms with E-state index < -0.39 is 6.17 Å². The molecule has 1 unspecified atom stereocenters. The summed E-state index contributed by atoms with van der Waals surface area (Å²) < 4.78 is 11.3. The third kappa shape index (κ3) is 3.74. The van der Waals surface area contributed by atoms with Gasteiger partial charge in [0.25, 0.3) is 5.91 Å². The first-order valence-corrected chi connectivity index (χ1v) is 11.8. The topological polar surface area (TPSA) is 66.9 Å². The number of hydrogen-bond donors (Lipinski definition) is 1. The summed E-state index contributed by atoms with van der Waals surface area (Å²) in [6.07, 6.45) is -0.483. The summed E-state index contributed by atoms with van der Waals surface area (Å²) in [5.74, 6) is 1.40. The van der Waals surface area contributed by atoms with Crippen molar-refractivity contribution in [1.82, 2.24) is 4.98 Å². The van der Waals surface area contributed by atoms with Gasteiger partial charge < -0.3 is 19.7 Å². The molecule has 2 aliphatic rings. The minimum Gasteiger partial charge on any atom is -0.495 e. The molecule has 6 rings (SSSR count). The van der Waals surface area contributed by atoms with E-state index in [1.807, 2.05) is 66.7 Å². The quantitative estimate of drug-likeness (QED) is 0.464. The Kier molecular flexibility index (Phi) is 5.47. The maximum atomic E-state index is 14.0. The van der Waals surface area contributed by atoms with Crippen molar-refractivity contribution in [3.63, 3.8) is 0 Å². The number of hydrogen-bond acceptors (Lipinski definition) is 6. The lowest BCUT2D eigenvalue weighted by Crippen LogP contribution is -2.45. The molecule has 7 nitrogen and oxygen atoms in total. The minimum absolute atomic E-state index is 0.0880. The molecule has 0 radical (unpaired) electrons. The van der Waals surface area contributed by atoms with Crippen LogP contribution in [-0.4, -0.2) is 44.3 Å². The average molecular weight is 467 g/mol. The molecule has 0 bridgehead atoms. The highest BCUT2D eigenvalue weighted by molar-refractivity contribution is 6.13. The Bertz CT molecular complexity index is 1400. The molecule has 0 spiro atoms. The molecule has 7 heteroatoms. The highest BCUT2D eigenvalue weighted by Gasteiger charge is 2.38. The number of anilines is 3. The SMILES string of the molecule is COc1ccccc1N1C(=O)c2ccccc2NC1c1cc2ccccc2nc1N1CCOCC1. The fourth-order valence-corrected chi connectivity index (χ4v) is 4.90. The van der Waals surface area contributed by atoms with Crippen molar-refractivity contribution in [3.8, 4) is 5.75 Å². The molecular weight excluding hydrogens is 440 g/mol. The van der Waals surface area contributed by atoms with E-state index in [1.165, 1.54) is 0 Å². The van der Waals surface area contributed by atoms with Gasteiger partial charge in [0, 0.05) is 29.7 Å². The third-order valence-corrected chi connectivity index (χ3v) is 6.61. The number of benzene rings is 3. The number of carbonyl (C=O) groups is 1. The van der Waals surface area contributed by atoms with Crippen LogP contribution >= 0.6 is 0 Å². The van der Waals surface area contributed by atoms with Crippen molar-refractivity contribution in [2.75, 3.05) is 48.5 Å². The monoisotopic (exact) mass is 466 g/mol. The van der Waals surface area contributed by atoms with Crippen molar-refractivity contribution in [3.05, 3.63) is 90.0 Å². The van der Waals surface area contributed by atoms with Crippen LogP contribution in [0.3, 0.4) is 0 Å². The van der Waals surface area contributed by atoms with Crippen LogP contribution in [-0.2, 0) is 4.74 Å². The van der Waals surface area contributed by atoms with E-state index in [0.29, 0.717) is 30.2 Å². The van der Waals surface area contributed by atoms with Crippen molar-refractivity contribution in [2.24, 2.45) is 0 Å². The van der Waals surface area contributed by atoms with Crippen molar-refractivity contribution >= 4 is 34.0 Å². The molecule has 4 aromatic rings. The lowest BCUT2D eigenvalue weighted by atomic mass is 10.0. The van der Waals surface area contributed by atoms with Gasteiger partial charge in [-0.2, -0.15) is 0 Å². The Balaban J connectivity index is 1.58. The Morgan fingerprint density at radius 1 is 0.971 bits per heavy atom. The number of methoxy groups -OCH3 is 1. The van der Waals surface area contributed by atoms with E-state index in [0.717, 1.165) is 41.1 Å². The second-order valence-corrected chi connectivity index (χ2v) is 8.63. The van der Waals surface area contributed by atoms with Gasteiger partial charge >= 0.3 is 0 Å². The highest BCUT2D eigenvalue weighted by Crippen LogP contribution is 2.43. The molecule has 1 N–H and O–H groups in total. The van der Waals surface area contributed by atoms with E-state index in [9.17, 15) is 4.79 Å². The lowest BCUT2D eigenvalue weighted by Gasteiger charge is -2.40. The van der Waals surface area contributed by atoms with E-state index in [1.54, 1.807) is 12.0 Å². The number of amides is 1. The van der Waals surface area contributed by atoms with Gasteiger partial charge in [0.05, 0.1) is 37.1 Å². The summed E-state index contributed by atoms with van der Waals surface area (Å²) in [4.78, 5) is 23.1.